The van der Waals surface area contributed by atoms with Crippen molar-refractivity contribution in [2.24, 2.45) is 5.73 Å². The molecule has 0 radical (unpaired) electrons. The first-order valence-corrected chi connectivity index (χ1v) is 42.1. The molecule has 10 N–H and O–H groups in total. The van der Waals surface area contributed by atoms with E-state index in [1.807, 2.05) is 84.9 Å². The number of nitrogen functional groups attached to an aromatic ring is 1. The second-order valence-electron chi connectivity index (χ2n) is 30.0. The molecule has 0 aliphatic carbocycles. The van der Waals surface area contributed by atoms with Crippen molar-refractivity contribution >= 4 is 72.0 Å². The molecule has 0 atom stereocenters. The number of aromatic nitrogens is 4. The van der Waals surface area contributed by atoms with E-state index in [9.17, 15) is 42.3 Å². The van der Waals surface area contributed by atoms with Crippen molar-refractivity contribution in [2.75, 3.05) is 60.5 Å². The molecule has 0 aliphatic rings. The molecule has 125 heavy (non-hydrogen) atoms. The van der Waals surface area contributed by atoms with E-state index < -0.39 is 26.7 Å². The number of anilines is 1. The second kappa shape index (κ2) is 50.8. The Morgan fingerprint density at radius 2 is 0.864 bits per heavy atom. The minimum Gasteiger partial charge on any atom is -0.508 e. The third kappa shape index (κ3) is 33.8. The van der Waals surface area contributed by atoms with Gasteiger partial charge in [0.05, 0.1) is 56.6 Å². The summed E-state index contributed by atoms with van der Waals surface area (Å²) in [6.45, 7) is 29.1. The van der Waals surface area contributed by atoms with Gasteiger partial charge in [-0.2, -0.15) is 8.42 Å². The van der Waals surface area contributed by atoms with Gasteiger partial charge in [-0.3, -0.25) is 14.7 Å². The van der Waals surface area contributed by atoms with E-state index in [0.29, 0.717) is 75.1 Å². The normalized spacial score (nSPS) is 11.1. The summed E-state index contributed by atoms with van der Waals surface area (Å²) in [5.74, 6) is 7.12. The van der Waals surface area contributed by atoms with E-state index in [-0.39, 0.29) is 65.5 Å². The van der Waals surface area contributed by atoms with Crippen LogP contribution in [0.1, 0.15) is 168 Å². The smallest absolute Gasteiger partial charge is 0.407 e. The summed E-state index contributed by atoms with van der Waals surface area (Å²) in [6, 6.07) is 31.5. The van der Waals surface area contributed by atoms with Crippen LogP contribution in [0.15, 0.2) is 162 Å². The molecule has 0 fully saturated rings. The average Bonchev–Trinajstić information content (AvgIpc) is 1.48. The SMILES string of the molecule is CCCCc1nc2cc(C)c(O)cc2o1.CCCCc1nc2cc(C)c(OC)cc2o1.CCCCc1nc2cc(C)c(OC/C(=C/F)CN)cc2o1.CCCCc1nc2cc(C)c(OC/C(=C/F)CNC(=O)OC(C)(C)C)cc2o1.COc1cc(O)c(N)cc1C.COc1cc(O)c([N+](=O)[O-])cc1C.COc1cc(O)ccc1C.Cc1ccc(S(=O)(=O)O)cc1. The highest BCUT2D eigenvalue weighted by atomic mass is 32.2. The number of nitrogens with two attached hydrogens (primary N) is 2. The lowest BCUT2D eigenvalue weighted by Crippen LogP contribution is -2.34. The topological polar surface area (TPSA) is 428 Å². The Kier molecular flexibility index (Phi) is 41.8. The van der Waals surface area contributed by atoms with Gasteiger partial charge in [-0.05, 0) is 189 Å². The number of hydrogen-bond acceptors (Lipinski definition) is 26. The van der Waals surface area contributed by atoms with Crippen LogP contribution in [0, 0.1) is 65.5 Å². The number of carbonyl (C=O) groups is 1. The van der Waals surface area contributed by atoms with Crippen molar-refractivity contribution < 1.29 is 103 Å². The lowest BCUT2D eigenvalue weighted by atomic mass is 10.2. The Labute approximate surface area is 728 Å². The Bertz CT molecular complexity index is 5600. The monoisotopic (exact) mass is 1750 g/mol. The van der Waals surface area contributed by atoms with Gasteiger partial charge in [-0.1, -0.05) is 77.1 Å². The fourth-order valence-corrected chi connectivity index (χ4v) is 11.8. The number of nitro groups is 1. The van der Waals surface area contributed by atoms with E-state index in [4.69, 9.17) is 77.1 Å². The molecular weight excluding hydrogens is 1640 g/mol. The minimum absolute atomic E-state index is 0.00379. The van der Waals surface area contributed by atoms with Gasteiger partial charge in [0.1, 0.15) is 92.6 Å². The Hall–Kier alpha value is -12.7. The number of nitrogens with zero attached hydrogens (tertiary/aromatic N) is 5. The summed E-state index contributed by atoms with van der Waals surface area (Å²) >= 11 is 0. The van der Waals surface area contributed by atoms with Crippen molar-refractivity contribution in [3.05, 3.63) is 217 Å². The number of phenols is 4. The number of carbonyl (C=O) groups excluding carboxylic acids is 1. The number of halogens is 2. The molecule has 32 heteroatoms. The zero-order chi connectivity index (χ0) is 92.8. The van der Waals surface area contributed by atoms with Gasteiger partial charge in [0.15, 0.2) is 51.6 Å². The lowest BCUT2D eigenvalue weighted by molar-refractivity contribution is -0.385. The molecule has 0 unspecified atom stereocenters. The standard InChI is InChI=1S/C21H29FN2O4.C16H21FN2O2.C13H17NO2.C12H15NO2.C8H9NO4.C8H11NO2.C8H10O2.C7H8O3S/c1-6-7-8-19-24-16-9-14(2)17(10-18(16)27-19)26-13-15(11-22)12-23-20(25)28-21(3,4)5;1-3-4-5-16-19-13-6-11(2)14(7-15(13)21-16)20-10-12(8-17)9-18;1-4-5-6-13-14-10-7-9(2)11(15-3)8-12(10)16-13;1-3-4-5-12-13-9-6-8(2)10(14)7-11(9)15-12;1-5-3-6(9(11)12)7(10)4-8(5)13-2;1-5-3-6(9)7(10)4-8(5)11-2;1-6-3-4-7(9)5-8(6)10-2;1-6-2-4-7(5-3-6)11(8,9)10/h9-11H,6-8,12-13H2,1-5H3,(H,23,25);6-8H,3-5,9-10,18H2,1-2H3;7-8H,4-6H2,1-3H3;6-7,14H,3-5H2,1-2H3;3-4,10H,1-2H3;3-4,10H,9H2,1-2H3;3-5,9H,1-2H3;2-5H,1H3,(H,8,9,10)/b15-11+;12-8+;;;;;;. The van der Waals surface area contributed by atoms with Crippen molar-refractivity contribution in [1.29, 1.82) is 0 Å². The van der Waals surface area contributed by atoms with Crippen LogP contribution in [0.25, 0.3) is 44.4 Å². The van der Waals surface area contributed by atoms with Gasteiger partial charge < -0.3 is 88.0 Å². The first-order chi connectivity index (χ1) is 59.3. The van der Waals surface area contributed by atoms with Gasteiger partial charge in [0.25, 0.3) is 10.1 Å². The second-order valence-corrected chi connectivity index (χ2v) is 31.4. The van der Waals surface area contributed by atoms with Crippen LogP contribution in [0.2, 0.25) is 0 Å². The number of methoxy groups -OCH3 is 4. The summed E-state index contributed by atoms with van der Waals surface area (Å²) < 4.78 is 114. The van der Waals surface area contributed by atoms with Crippen molar-refractivity contribution in [2.45, 2.75) is 191 Å². The van der Waals surface area contributed by atoms with Gasteiger partial charge in [0.2, 0.25) is 0 Å². The summed E-state index contributed by atoms with van der Waals surface area (Å²) in [6.07, 6.45) is 12.4. The van der Waals surface area contributed by atoms with E-state index in [0.717, 1.165) is 173 Å². The number of rotatable bonds is 27. The van der Waals surface area contributed by atoms with Crippen LogP contribution < -0.4 is 45.2 Å². The zero-order valence-corrected chi connectivity index (χ0v) is 75.6. The highest BCUT2D eigenvalue weighted by Gasteiger charge is 2.20. The van der Waals surface area contributed by atoms with Crippen LogP contribution in [0.4, 0.5) is 25.0 Å². The predicted molar refractivity (Wildman–Crippen MR) is 481 cm³/mol. The molecule has 0 aliphatic heterocycles. The number of ether oxygens (including phenoxy) is 7. The maximum Gasteiger partial charge on any atom is 0.407 e. The number of aromatic hydroxyl groups is 4. The first kappa shape index (κ1) is 103. The van der Waals surface area contributed by atoms with Crippen molar-refractivity contribution in [3.8, 4) is 57.5 Å². The number of nitrogens with one attached hydrogen (secondary N) is 1. The Morgan fingerprint density at radius 3 is 1.25 bits per heavy atom. The number of amides is 1. The summed E-state index contributed by atoms with van der Waals surface area (Å²) in [5, 5.41) is 49.7. The van der Waals surface area contributed by atoms with E-state index in [2.05, 4.69) is 52.9 Å². The molecule has 0 saturated heterocycles. The molecule has 0 bridgehead atoms. The number of hydrogen-bond donors (Lipinski definition) is 8. The molecular formula is C93H120F2N8O21S. The fourth-order valence-electron chi connectivity index (χ4n) is 11.3. The van der Waals surface area contributed by atoms with Crippen molar-refractivity contribution in [1.82, 2.24) is 25.3 Å². The highest BCUT2D eigenvalue weighted by Crippen LogP contribution is 2.35. The van der Waals surface area contributed by atoms with E-state index in [1.165, 1.54) is 37.4 Å². The number of aryl methyl sites for hydroxylation is 12. The third-order valence-corrected chi connectivity index (χ3v) is 19.2. The Morgan fingerprint density at radius 1 is 0.496 bits per heavy atom. The Balaban J connectivity index is 0.000000260. The first-order valence-electron chi connectivity index (χ1n) is 40.6. The summed E-state index contributed by atoms with van der Waals surface area (Å²) in [4.78, 5) is 39.2. The number of unbranched alkanes of at least 4 members (excludes halogenated alkanes) is 4. The van der Waals surface area contributed by atoms with Crippen LogP contribution in [-0.4, -0.2) is 125 Å². The maximum absolute atomic E-state index is 13.2. The molecule has 29 nitrogen and oxygen atoms in total. The lowest BCUT2D eigenvalue weighted by Gasteiger charge is -2.20. The molecule has 12 rings (SSSR count). The quantitative estimate of drug-likeness (QED) is 0.00779. The zero-order valence-electron chi connectivity index (χ0n) is 74.8. The highest BCUT2D eigenvalue weighted by molar-refractivity contribution is 7.85. The van der Waals surface area contributed by atoms with Gasteiger partial charge >= 0.3 is 11.8 Å². The average molecular weight is 1760 g/mol. The molecule has 8 aromatic carbocycles. The maximum atomic E-state index is 13.2. The fraction of sp³-hybridized carbons (Fsp3) is 0.387. The molecule has 1 amide bonds. The van der Waals surface area contributed by atoms with Crippen LogP contribution in [-0.2, 0) is 40.5 Å². The summed E-state index contributed by atoms with van der Waals surface area (Å²) in [7, 11) is 2.23. The van der Waals surface area contributed by atoms with Gasteiger partial charge in [-0.25, -0.2) is 33.5 Å². The van der Waals surface area contributed by atoms with Crippen molar-refractivity contribution in [3.63, 3.8) is 0 Å². The van der Waals surface area contributed by atoms with Crippen LogP contribution in [0.5, 0.6) is 57.5 Å². The van der Waals surface area contributed by atoms with Crippen LogP contribution in [0.3, 0.4) is 0 Å². The number of nitro benzene ring substituents is 1. The van der Waals surface area contributed by atoms with Crippen LogP contribution >= 0.6 is 0 Å². The molecule has 4 aromatic heterocycles. The van der Waals surface area contributed by atoms with Gasteiger partial charge in [-0.15, -0.1) is 0 Å². The largest absolute Gasteiger partial charge is 0.508 e. The number of oxazole rings is 4. The van der Waals surface area contributed by atoms with E-state index >= 15 is 0 Å². The number of fused-ring (bicyclic) bond motifs is 4. The minimum atomic E-state index is -4.02. The molecule has 4 heterocycles. The number of phenolic OH excluding ortho intramolecular Hbond substituents is 4. The van der Waals surface area contributed by atoms with E-state index in [1.54, 1.807) is 97.6 Å². The summed E-state index contributed by atoms with van der Waals surface area (Å²) in [5.41, 5.74) is 24.4. The van der Waals surface area contributed by atoms with Gasteiger partial charge in [0, 0.05) is 98.4 Å². The predicted octanol–water partition coefficient (Wildman–Crippen LogP) is 21.4. The molecule has 0 spiro atoms. The third-order valence-electron chi connectivity index (χ3n) is 18.3. The molecule has 12 aromatic rings. The molecule has 678 valence electrons. The number of benzene rings is 8. The molecule has 0 saturated carbocycles. The number of alkyl carbamates (subject to hydrolysis) is 1.